The average Bonchev–Trinajstić information content (AvgIpc) is 2.35. The fourth-order valence-corrected chi connectivity index (χ4v) is 2.32. The summed E-state index contributed by atoms with van der Waals surface area (Å²) in [5.74, 6) is 6.96. The Morgan fingerprint density at radius 1 is 1.38 bits per heavy atom. The predicted molar refractivity (Wildman–Crippen MR) is 69.1 cm³/mol. The smallest absolute Gasteiger partial charge is 0.205 e. The predicted octanol–water partition coefficient (Wildman–Crippen LogP) is 1.77. The van der Waals surface area contributed by atoms with Crippen molar-refractivity contribution >= 4 is 5.96 Å². The van der Waals surface area contributed by atoms with Gasteiger partial charge in [0.1, 0.15) is 0 Å². The minimum Gasteiger partial charge on any atom is -0.353 e. The monoisotopic (exact) mass is 226 g/mol. The fraction of sp³-hybridized carbons (Fsp3) is 0.917. The van der Waals surface area contributed by atoms with E-state index in [9.17, 15) is 0 Å². The van der Waals surface area contributed by atoms with Crippen molar-refractivity contribution in [1.29, 1.82) is 0 Å². The molecule has 0 amide bonds. The quantitative estimate of drug-likeness (QED) is 0.296. The third-order valence-corrected chi connectivity index (χ3v) is 3.35. The molecule has 0 spiro atoms. The van der Waals surface area contributed by atoms with E-state index in [1.54, 1.807) is 0 Å². The van der Waals surface area contributed by atoms with Gasteiger partial charge >= 0.3 is 0 Å². The number of nitrogens with two attached hydrogens (primary N) is 1. The maximum absolute atomic E-state index is 5.45. The molecular weight excluding hydrogens is 200 g/mol. The van der Waals surface area contributed by atoms with E-state index in [-0.39, 0.29) is 0 Å². The Balaban J connectivity index is 2.37. The highest BCUT2D eigenvalue weighted by atomic mass is 15.3. The van der Waals surface area contributed by atoms with Gasteiger partial charge in [-0.25, -0.2) is 5.84 Å². The summed E-state index contributed by atoms with van der Waals surface area (Å²) in [5, 5.41) is 3.39. The van der Waals surface area contributed by atoms with E-state index < -0.39 is 0 Å². The van der Waals surface area contributed by atoms with Crippen LogP contribution < -0.4 is 16.6 Å². The van der Waals surface area contributed by atoms with Gasteiger partial charge in [0.15, 0.2) is 0 Å². The number of guanidine groups is 1. The Labute approximate surface area is 99.1 Å². The SMILES string of the molecule is CCCN=C(NN)NC(C)C1CCCCC1. The van der Waals surface area contributed by atoms with Crippen LogP contribution in [0.25, 0.3) is 0 Å². The van der Waals surface area contributed by atoms with Crippen LogP contribution >= 0.6 is 0 Å². The summed E-state index contributed by atoms with van der Waals surface area (Å²) in [5.41, 5.74) is 2.65. The molecule has 0 aromatic carbocycles. The Bertz CT molecular complexity index is 209. The molecule has 94 valence electrons. The second kappa shape index (κ2) is 7.49. The molecule has 1 saturated carbocycles. The standard InChI is InChI=1S/C12H26N4/c1-3-9-14-12(16-13)15-10(2)11-7-5-4-6-8-11/h10-11H,3-9,13H2,1-2H3,(H2,14,15,16). The summed E-state index contributed by atoms with van der Waals surface area (Å²) in [4.78, 5) is 4.36. The van der Waals surface area contributed by atoms with Crippen LogP contribution in [0.5, 0.6) is 0 Å². The van der Waals surface area contributed by atoms with Gasteiger partial charge in [0.25, 0.3) is 0 Å². The second-order valence-electron chi connectivity index (χ2n) is 4.71. The zero-order chi connectivity index (χ0) is 11.8. The number of hydrogen-bond donors (Lipinski definition) is 3. The first-order chi connectivity index (χ1) is 7.77. The number of rotatable bonds is 4. The Kier molecular flexibility index (Phi) is 6.23. The van der Waals surface area contributed by atoms with Crippen molar-refractivity contribution in [1.82, 2.24) is 10.7 Å². The molecule has 0 bridgehead atoms. The summed E-state index contributed by atoms with van der Waals surface area (Å²) >= 11 is 0. The molecule has 1 fully saturated rings. The molecule has 4 N–H and O–H groups in total. The highest BCUT2D eigenvalue weighted by molar-refractivity contribution is 5.79. The van der Waals surface area contributed by atoms with E-state index in [1.165, 1.54) is 32.1 Å². The van der Waals surface area contributed by atoms with Crippen LogP contribution in [0, 0.1) is 5.92 Å². The highest BCUT2D eigenvalue weighted by Crippen LogP contribution is 2.26. The number of nitrogens with one attached hydrogen (secondary N) is 2. The summed E-state index contributed by atoms with van der Waals surface area (Å²) < 4.78 is 0. The van der Waals surface area contributed by atoms with Crippen LogP contribution in [0.2, 0.25) is 0 Å². The molecule has 0 radical (unpaired) electrons. The van der Waals surface area contributed by atoms with Crippen molar-refractivity contribution in [3.8, 4) is 0 Å². The van der Waals surface area contributed by atoms with Gasteiger partial charge in [-0.15, -0.1) is 0 Å². The van der Waals surface area contributed by atoms with Gasteiger partial charge < -0.3 is 5.32 Å². The summed E-state index contributed by atoms with van der Waals surface area (Å²) in [6, 6.07) is 0.465. The summed E-state index contributed by atoms with van der Waals surface area (Å²) in [6.07, 6.45) is 7.85. The molecule has 1 rings (SSSR count). The van der Waals surface area contributed by atoms with E-state index in [4.69, 9.17) is 5.84 Å². The number of aliphatic imine (C=N–C) groups is 1. The van der Waals surface area contributed by atoms with Crippen LogP contribution in [-0.2, 0) is 0 Å². The van der Waals surface area contributed by atoms with Crippen LogP contribution in [-0.4, -0.2) is 18.5 Å². The fourth-order valence-electron chi connectivity index (χ4n) is 2.32. The minimum atomic E-state index is 0.465. The zero-order valence-electron chi connectivity index (χ0n) is 10.6. The Morgan fingerprint density at radius 3 is 2.62 bits per heavy atom. The molecule has 1 atom stereocenters. The normalized spacial score (nSPS) is 20.6. The summed E-state index contributed by atoms with van der Waals surface area (Å²) in [7, 11) is 0. The molecule has 4 nitrogen and oxygen atoms in total. The third-order valence-electron chi connectivity index (χ3n) is 3.35. The van der Waals surface area contributed by atoms with Gasteiger partial charge in [-0.05, 0) is 32.1 Å². The first-order valence-corrected chi connectivity index (χ1v) is 6.55. The van der Waals surface area contributed by atoms with Gasteiger partial charge in [-0.1, -0.05) is 26.2 Å². The van der Waals surface area contributed by atoms with Gasteiger partial charge in [0, 0.05) is 12.6 Å². The number of hydrogen-bond acceptors (Lipinski definition) is 2. The van der Waals surface area contributed by atoms with Crippen molar-refractivity contribution in [3.63, 3.8) is 0 Å². The van der Waals surface area contributed by atoms with Crippen LogP contribution in [0.3, 0.4) is 0 Å². The third kappa shape index (κ3) is 4.39. The number of nitrogens with zero attached hydrogens (tertiary/aromatic N) is 1. The van der Waals surface area contributed by atoms with Crippen LogP contribution in [0.1, 0.15) is 52.4 Å². The lowest BCUT2D eigenvalue weighted by molar-refractivity contribution is 0.300. The molecule has 0 aliphatic heterocycles. The van der Waals surface area contributed by atoms with E-state index in [0.717, 1.165) is 24.8 Å². The van der Waals surface area contributed by atoms with E-state index in [2.05, 4.69) is 29.6 Å². The number of hydrazine groups is 1. The first-order valence-electron chi connectivity index (χ1n) is 6.55. The van der Waals surface area contributed by atoms with E-state index in [0.29, 0.717) is 6.04 Å². The lowest BCUT2D eigenvalue weighted by Gasteiger charge is -2.29. The Morgan fingerprint density at radius 2 is 2.06 bits per heavy atom. The molecule has 16 heavy (non-hydrogen) atoms. The molecule has 1 aliphatic carbocycles. The van der Waals surface area contributed by atoms with Gasteiger partial charge in [-0.2, -0.15) is 0 Å². The van der Waals surface area contributed by atoms with Gasteiger partial charge in [0.05, 0.1) is 0 Å². The Hall–Kier alpha value is -0.770. The maximum atomic E-state index is 5.45. The van der Waals surface area contributed by atoms with Crippen LogP contribution in [0.15, 0.2) is 4.99 Å². The largest absolute Gasteiger partial charge is 0.353 e. The van der Waals surface area contributed by atoms with E-state index >= 15 is 0 Å². The molecule has 0 saturated heterocycles. The molecular formula is C12H26N4. The lowest BCUT2D eigenvalue weighted by atomic mass is 9.85. The second-order valence-corrected chi connectivity index (χ2v) is 4.71. The van der Waals surface area contributed by atoms with Gasteiger partial charge in [-0.3, -0.25) is 10.4 Å². The highest BCUT2D eigenvalue weighted by Gasteiger charge is 2.20. The molecule has 1 unspecified atom stereocenters. The average molecular weight is 226 g/mol. The molecule has 0 aromatic rings. The van der Waals surface area contributed by atoms with Gasteiger partial charge in [0.2, 0.25) is 5.96 Å². The lowest BCUT2D eigenvalue weighted by Crippen LogP contribution is -2.48. The zero-order valence-corrected chi connectivity index (χ0v) is 10.6. The van der Waals surface area contributed by atoms with Crippen molar-refractivity contribution in [2.24, 2.45) is 16.8 Å². The van der Waals surface area contributed by atoms with Crippen molar-refractivity contribution in [2.75, 3.05) is 6.54 Å². The maximum Gasteiger partial charge on any atom is 0.205 e. The van der Waals surface area contributed by atoms with Crippen molar-refractivity contribution in [3.05, 3.63) is 0 Å². The summed E-state index contributed by atoms with van der Waals surface area (Å²) in [6.45, 7) is 5.17. The van der Waals surface area contributed by atoms with Crippen molar-refractivity contribution < 1.29 is 0 Å². The van der Waals surface area contributed by atoms with Crippen LogP contribution in [0.4, 0.5) is 0 Å². The molecule has 1 aliphatic rings. The van der Waals surface area contributed by atoms with Crippen molar-refractivity contribution in [2.45, 2.75) is 58.4 Å². The molecule has 4 heteroatoms. The minimum absolute atomic E-state index is 0.465. The molecule has 0 aromatic heterocycles. The first kappa shape index (κ1) is 13.3. The van der Waals surface area contributed by atoms with E-state index in [1.807, 2.05) is 0 Å². The topological polar surface area (TPSA) is 62.4 Å². The molecule has 0 heterocycles.